The standard InChI is InChI=1S/C27H24N6OS/c1-4-19-14-20-23(17-11-9-15(2)10-12-17)29-24(25-32-31-16(3)33(25)27(20)35-19)30-26(34)22-13-18-7-5-6-8-21(18)28-22/h5-14,24,28H,4H2,1-3H3,(H,30,34). The minimum absolute atomic E-state index is 0.245. The van der Waals surface area contributed by atoms with Gasteiger partial charge in [-0.1, -0.05) is 55.0 Å². The molecule has 3 aromatic heterocycles. The number of nitrogens with zero attached hydrogens (tertiary/aromatic N) is 4. The van der Waals surface area contributed by atoms with Gasteiger partial charge in [0.1, 0.15) is 16.5 Å². The molecule has 5 aromatic rings. The van der Waals surface area contributed by atoms with E-state index >= 15 is 0 Å². The first kappa shape index (κ1) is 21.5. The molecule has 174 valence electrons. The number of nitrogens with one attached hydrogen (secondary N) is 2. The molecule has 1 aliphatic heterocycles. The van der Waals surface area contributed by atoms with E-state index in [2.05, 4.69) is 64.7 Å². The predicted molar refractivity (Wildman–Crippen MR) is 139 cm³/mol. The SMILES string of the molecule is CCc1cc2c(s1)-n1c(C)nnc1C(NC(=O)c1cc3ccccc3[nH]1)N=C2c1ccc(C)cc1. The summed E-state index contributed by atoms with van der Waals surface area (Å²) < 4.78 is 2.03. The topological polar surface area (TPSA) is 88.0 Å². The number of fused-ring (bicyclic) bond motifs is 4. The Morgan fingerprint density at radius 2 is 1.89 bits per heavy atom. The molecule has 7 nitrogen and oxygen atoms in total. The third-order valence-corrected chi connectivity index (χ3v) is 7.55. The van der Waals surface area contributed by atoms with E-state index < -0.39 is 6.17 Å². The molecular formula is C27H24N6OS. The van der Waals surface area contributed by atoms with Crippen molar-refractivity contribution in [3.05, 3.63) is 99.6 Å². The van der Waals surface area contributed by atoms with E-state index in [0.717, 1.165) is 45.0 Å². The second-order valence-corrected chi connectivity index (χ2v) is 9.83. The zero-order valence-electron chi connectivity index (χ0n) is 19.7. The molecule has 1 aliphatic rings. The van der Waals surface area contributed by atoms with Crippen LogP contribution in [0.3, 0.4) is 0 Å². The van der Waals surface area contributed by atoms with E-state index in [1.54, 1.807) is 11.3 Å². The summed E-state index contributed by atoms with van der Waals surface area (Å²) in [4.78, 5) is 22.9. The third kappa shape index (κ3) is 3.66. The van der Waals surface area contributed by atoms with Crippen molar-refractivity contribution in [3.8, 4) is 5.00 Å². The minimum atomic E-state index is -0.698. The maximum absolute atomic E-state index is 13.3. The molecule has 6 rings (SSSR count). The number of aryl methyl sites for hydroxylation is 3. The predicted octanol–water partition coefficient (Wildman–Crippen LogP) is 5.27. The second kappa shape index (κ2) is 8.32. The monoisotopic (exact) mass is 480 g/mol. The first-order valence-corrected chi connectivity index (χ1v) is 12.4. The number of H-pyrrole nitrogens is 1. The number of thiophene rings is 1. The number of aromatic amines is 1. The Kier molecular flexibility index (Phi) is 5.11. The fourth-order valence-corrected chi connectivity index (χ4v) is 5.59. The Morgan fingerprint density at radius 1 is 1.09 bits per heavy atom. The molecule has 0 radical (unpaired) electrons. The molecule has 4 heterocycles. The summed E-state index contributed by atoms with van der Waals surface area (Å²) in [5.41, 5.74) is 5.44. The lowest BCUT2D eigenvalue weighted by molar-refractivity contribution is 0.0932. The fraction of sp³-hybridized carbons (Fsp3) is 0.185. The molecule has 1 amide bonds. The van der Waals surface area contributed by atoms with Crippen molar-refractivity contribution in [1.82, 2.24) is 25.1 Å². The zero-order chi connectivity index (χ0) is 24.1. The van der Waals surface area contributed by atoms with Gasteiger partial charge in [-0.05, 0) is 38.5 Å². The molecule has 0 aliphatic carbocycles. The maximum Gasteiger partial charge on any atom is 0.269 e. The van der Waals surface area contributed by atoms with Crippen molar-refractivity contribution in [2.75, 3.05) is 0 Å². The number of hydrogen-bond donors (Lipinski definition) is 2. The van der Waals surface area contributed by atoms with Crippen LogP contribution in [-0.4, -0.2) is 31.4 Å². The summed E-state index contributed by atoms with van der Waals surface area (Å²) in [6.07, 6.45) is 0.228. The van der Waals surface area contributed by atoms with Crippen molar-refractivity contribution in [2.45, 2.75) is 33.4 Å². The number of carbonyl (C=O) groups is 1. The van der Waals surface area contributed by atoms with Gasteiger partial charge in [0, 0.05) is 26.9 Å². The van der Waals surface area contributed by atoms with Gasteiger partial charge < -0.3 is 10.3 Å². The van der Waals surface area contributed by atoms with Gasteiger partial charge in [0.25, 0.3) is 5.91 Å². The minimum Gasteiger partial charge on any atom is -0.351 e. The number of aromatic nitrogens is 4. The van der Waals surface area contributed by atoms with E-state index in [1.807, 2.05) is 41.8 Å². The largest absolute Gasteiger partial charge is 0.351 e. The normalized spacial score (nSPS) is 14.8. The van der Waals surface area contributed by atoms with Crippen LogP contribution in [0.1, 0.15) is 56.8 Å². The number of carbonyl (C=O) groups excluding carboxylic acids is 1. The molecule has 1 atom stereocenters. The number of hydrogen-bond acceptors (Lipinski definition) is 5. The van der Waals surface area contributed by atoms with Crippen molar-refractivity contribution in [1.29, 1.82) is 0 Å². The number of rotatable bonds is 4. The van der Waals surface area contributed by atoms with E-state index in [-0.39, 0.29) is 5.91 Å². The highest BCUT2D eigenvalue weighted by atomic mass is 32.1. The van der Waals surface area contributed by atoms with Crippen LogP contribution in [0.4, 0.5) is 0 Å². The first-order valence-electron chi connectivity index (χ1n) is 11.6. The van der Waals surface area contributed by atoms with Gasteiger partial charge in [-0.2, -0.15) is 0 Å². The highest BCUT2D eigenvalue weighted by Gasteiger charge is 2.31. The van der Waals surface area contributed by atoms with Crippen molar-refractivity contribution in [2.24, 2.45) is 4.99 Å². The quantitative estimate of drug-likeness (QED) is 0.367. The summed E-state index contributed by atoms with van der Waals surface area (Å²) in [7, 11) is 0. The van der Waals surface area contributed by atoms with E-state index in [9.17, 15) is 4.79 Å². The third-order valence-electron chi connectivity index (χ3n) is 6.29. The van der Waals surface area contributed by atoms with Crippen LogP contribution in [0.5, 0.6) is 0 Å². The summed E-state index contributed by atoms with van der Waals surface area (Å²) in [6, 6.07) is 20.2. The van der Waals surface area contributed by atoms with Crippen LogP contribution in [0.2, 0.25) is 0 Å². The Labute approximate surface area is 206 Å². The lowest BCUT2D eigenvalue weighted by atomic mass is 10.0. The van der Waals surface area contributed by atoms with Crippen LogP contribution in [0.25, 0.3) is 15.9 Å². The van der Waals surface area contributed by atoms with Crippen LogP contribution in [0.15, 0.2) is 65.7 Å². The van der Waals surface area contributed by atoms with Crippen LogP contribution in [0, 0.1) is 13.8 Å². The molecule has 0 saturated heterocycles. The number of benzene rings is 2. The fourth-order valence-electron chi connectivity index (χ4n) is 4.44. The molecule has 0 spiro atoms. The van der Waals surface area contributed by atoms with Gasteiger partial charge in [0.2, 0.25) is 0 Å². The summed E-state index contributed by atoms with van der Waals surface area (Å²) in [6.45, 7) is 6.15. The van der Waals surface area contributed by atoms with E-state index in [4.69, 9.17) is 4.99 Å². The van der Waals surface area contributed by atoms with Crippen molar-refractivity contribution in [3.63, 3.8) is 0 Å². The van der Waals surface area contributed by atoms with Gasteiger partial charge >= 0.3 is 0 Å². The molecule has 2 aromatic carbocycles. The Balaban J connectivity index is 1.49. The summed E-state index contributed by atoms with van der Waals surface area (Å²) in [5, 5.41) is 13.9. The van der Waals surface area contributed by atoms with Crippen LogP contribution >= 0.6 is 11.3 Å². The van der Waals surface area contributed by atoms with Crippen molar-refractivity contribution < 1.29 is 4.79 Å². The van der Waals surface area contributed by atoms with Crippen LogP contribution in [-0.2, 0) is 6.42 Å². The molecule has 8 heteroatoms. The summed E-state index contributed by atoms with van der Waals surface area (Å²) in [5.74, 6) is 1.11. The van der Waals surface area contributed by atoms with Gasteiger partial charge in [-0.3, -0.25) is 14.4 Å². The molecule has 0 bridgehead atoms. The molecule has 2 N–H and O–H groups in total. The van der Waals surface area contributed by atoms with Crippen molar-refractivity contribution >= 4 is 33.9 Å². The Morgan fingerprint density at radius 3 is 2.66 bits per heavy atom. The van der Waals surface area contributed by atoms with E-state index in [0.29, 0.717) is 11.5 Å². The number of amides is 1. The molecule has 35 heavy (non-hydrogen) atoms. The van der Waals surface area contributed by atoms with Gasteiger partial charge in [0.15, 0.2) is 12.0 Å². The highest BCUT2D eigenvalue weighted by Crippen LogP contribution is 2.36. The first-order chi connectivity index (χ1) is 17.0. The molecule has 0 saturated carbocycles. The molecule has 1 unspecified atom stereocenters. The average molecular weight is 481 g/mol. The average Bonchev–Trinajstić information content (AvgIpc) is 3.56. The number of aliphatic imine (C=N–C) groups is 1. The smallest absolute Gasteiger partial charge is 0.269 e. The Bertz CT molecular complexity index is 1570. The van der Waals surface area contributed by atoms with Gasteiger partial charge in [-0.25, -0.2) is 0 Å². The maximum atomic E-state index is 13.3. The molecule has 0 fully saturated rings. The number of para-hydroxylation sites is 1. The lowest BCUT2D eigenvalue weighted by Crippen LogP contribution is -2.29. The highest BCUT2D eigenvalue weighted by molar-refractivity contribution is 7.15. The molecular weight excluding hydrogens is 456 g/mol. The van der Waals surface area contributed by atoms with E-state index in [1.165, 1.54) is 10.4 Å². The van der Waals surface area contributed by atoms with Gasteiger partial charge in [0.05, 0.1) is 5.71 Å². The zero-order valence-corrected chi connectivity index (χ0v) is 20.5. The second-order valence-electron chi connectivity index (χ2n) is 8.72. The van der Waals surface area contributed by atoms with Crippen LogP contribution < -0.4 is 5.32 Å². The van der Waals surface area contributed by atoms with Gasteiger partial charge in [-0.15, -0.1) is 21.5 Å². The lowest BCUT2D eigenvalue weighted by Gasteiger charge is -2.14. The summed E-state index contributed by atoms with van der Waals surface area (Å²) >= 11 is 1.72. The Hall–Kier alpha value is -4.04.